The fourth-order valence-corrected chi connectivity index (χ4v) is 3.03. The zero-order chi connectivity index (χ0) is 11.1. The van der Waals surface area contributed by atoms with Crippen LogP contribution in [0.1, 0.15) is 37.3 Å². The summed E-state index contributed by atoms with van der Waals surface area (Å²) in [5.41, 5.74) is 2.70. The van der Waals surface area contributed by atoms with E-state index in [1.54, 1.807) is 0 Å². The van der Waals surface area contributed by atoms with Crippen LogP contribution in [0.4, 0.5) is 0 Å². The summed E-state index contributed by atoms with van der Waals surface area (Å²) in [6, 6.07) is 6.40. The molecule has 2 unspecified atom stereocenters. The first-order valence-corrected chi connectivity index (χ1v) is 6.23. The van der Waals surface area contributed by atoms with E-state index in [1.165, 1.54) is 12.0 Å². The Kier molecular flexibility index (Phi) is 3.00. The van der Waals surface area contributed by atoms with Crippen molar-refractivity contribution < 1.29 is 0 Å². The number of aryl methyl sites for hydroxylation is 1. The van der Waals surface area contributed by atoms with E-state index in [0.717, 1.165) is 23.4 Å². The molecule has 0 bridgehead atoms. The molecule has 1 aromatic carbocycles. The van der Waals surface area contributed by atoms with Crippen molar-refractivity contribution in [3.8, 4) is 0 Å². The molecule has 15 heavy (non-hydrogen) atoms. The largest absolute Gasteiger partial charge is 0.123 e. The average molecular weight is 243 g/mol. The van der Waals surface area contributed by atoms with Gasteiger partial charge in [0.1, 0.15) is 0 Å². The van der Waals surface area contributed by atoms with E-state index in [9.17, 15) is 0 Å². The maximum absolute atomic E-state index is 6.18. The highest BCUT2D eigenvalue weighted by Crippen LogP contribution is 2.43. The molecule has 2 atom stereocenters. The molecule has 0 spiro atoms. The molecule has 2 heteroatoms. The standard InChI is InChI=1S/C13H16Cl2/c1-9-3-4-10(7-12(9)15)13(2)6-5-11(14)8-13/h3-4,7,11H,5-6,8H2,1-2H3. The number of rotatable bonds is 1. The van der Waals surface area contributed by atoms with E-state index in [0.29, 0.717) is 5.38 Å². The van der Waals surface area contributed by atoms with Gasteiger partial charge in [0.15, 0.2) is 0 Å². The van der Waals surface area contributed by atoms with E-state index in [-0.39, 0.29) is 5.41 Å². The van der Waals surface area contributed by atoms with E-state index < -0.39 is 0 Å². The van der Waals surface area contributed by atoms with Gasteiger partial charge in [0.05, 0.1) is 0 Å². The van der Waals surface area contributed by atoms with E-state index in [2.05, 4.69) is 25.1 Å². The molecular formula is C13H16Cl2. The lowest BCUT2D eigenvalue weighted by atomic mass is 9.81. The van der Waals surface area contributed by atoms with Crippen LogP contribution in [0.5, 0.6) is 0 Å². The first-order valence-electron chi connectivity index (χ1n) is 5.42. The second-order valence-electron chi connectivity index (χ2n) is 4.86. The van der Waals surface area contributed by atoms with Gasteiger partial charge in [-0.15, -0.1) is 11.6 Å². The first kappa shape index (κ1) is 11.3. The van der Waals surface area contributed by atoms with E-state index >= 15 is 0 Å². The minimum Gasteiger partial charge on any atom is -0.123 e. The Bertz CT molecular complexity index is 373. The Hall–Kier alpha value is -0.200. The average Bonchev–Trinajstić information content (AvgIpc) is 2.52. The molecule has 1 saturated carbocycles. The van der Waals surface area contributed by atoms with Gasteiger partial charge in [0.2, 0.25) is 0 Å². The predicted molar refractivity (Wildman–Crippen MR) is 67.0 cm³/mol. The fraction of sp³-hybridized carbons (Fsp3) is 0.538. The second-order valence-corrected chi connectivity index (χ2v) is 5.89. The van der Waals surface area contributed by atoms with Crippen LogP contribution >= 0.6 is 23.2 Å². The molecule has 0 aliphatic heterocycles. The summed E-state index contributed by atoms with van der Waals surface area (Å²) in [6.45, 7) is 4.32. The van der Waals surface area contributed by atoms with Crippen molar-refractivity contribution in [1.29, 1.82) is 0 Å². The lowest BCUT2D eigenvalue weighted by molar-refractivity contribution is 0.492. The molecule has 0 amide bonds. The second kappa shape index (κ2) is 3.99. The van der Waals surface area contributed by atoms with Gasteiger partial charge in [-0.2, -0.15) is 0 Å². The molecule has 2 rings (SSSR count). The lowest BCUT2D eigenvalue weighted by Gasteiger charge is -2.24. The van der Waals surface area contributed by atoms with E-state index in [1.807, 2.05) is 6.92 Å². The van der Waals surface area contributed by atoms with Crippen LogP contribution in [0, 0.1) is 6.92 Å². The van der Waals surface area contributed by atoms with Crippen LogP contribution in [0.15, 0.2) is 18.2 Å². The Morgan fingerprint density at radius 2 is 2.13 bits per heavy atom. The van der Waals surface area contributed by atoms with Crippen molar-refractivity contribution in [3.63, 3.8) is 0 Å². The van der Waals surface area contributed by atoms with Crippen molar-refractivity contribution in [2.75, 3.05) is 0 Å². The summed E-state index contributed by atoms with van der Waals surface area (Å²) < 4.78 is 0. The summed E-state index contributed by atoms with van der Waals surface area (Å²) in [4.78, 5) is 0. The Balaban J connectivity index is 2.33. The topological polar surface area (TPSA) is 0 Å². The summed E-state index contributed by atoms with van der Waals surface area (Å²) in [7, 11) is 0. The zero-order valence-electron chi connectivity index (χ0n) is 9.19. The van der Waals surface area contributed by atoms with Gasteiger partial charge in [-0.1, -0.05) is 30.7 Å². The van der Waals surface area contributed by atoms with Crippen molar-refractivity contribution in [3.05, 3.63) is 34.3 Å². The SMILES string of the molecule is Cc1ccc(C2(C)CCC(Cl)C2)cc1Cl. The maximum Gasteiger partial charge on any atom is 0.0438 e. The van der Waals surface area contributed by atoms with Crippen LogP contribution in [0.25, 0.3) is 0 Å². The number of hydrogen-bond donors (Lipinski definition) is 0. The van der Waals surface area contributed by atoms with Crippen molar-refractivity contribution in [2.45, 2.75) is 43.9 Å². The molecule has 1 aliphatic carbocycles. The minimum atomic E-state index is 0.226. The summed E-state index contributed by atoms with van der Waals surface area (Å²) >= 11 is 12.3. The molecule has 0 heterocycles. The van der Waals surface area contributed by atoms with Gasteiger partial charge in [0.25, 0.3) is 0 Å². The fourth-order valence-electron chi connectivity index (χ4n) is 2.40. The maximum atomic E-state index is 6.18. The quantitative estimate of drug-likeness (QED) is 0.627. The molecule has 0 radical (unpaired) electrons. The third kappa shape index (κ3) is 2.16. The summed E-state index contributed by atoms with van der Waals surface area (Å²) in [6.07, 6.45) is 3.35. The Morgan fingerprint density at radius 1 is 1.40 bits per heavy atom. The van der Waals surface area contributed by atoms with Crippen LogP contribution in [0.2, 0.25) is 5.02 Å². The predicted octanol–water partition coefficient (Wildman–Crippen LogP) is 4.70. The third-order valence-corrected chi connectivity index (χ3v) is 4.33. The summed E-state index contributed by atoms with van der Waals surface area (Å²) in [5.74, 6) is 0. The molecule has 82 valence electrons. The monoisotopic (exact) mass is 242 g/mol. The molecule has 1 aromatic rings. The molecule has 0 N–H and O–H groups in total. The normalized spacial score (nSPS) is 30.8. The van der Waals surface area contributed by atoms with Gasteiger partial charge < -0.3 is 0 Å². The van der Waals surface area contributed by atoms with Crippen molar-refractivity contribution in [1.82, 2.24) is 0 Å². The van der Waals surface area contributed by atoms with Gasteiger partial charge in [-0.3, -0.25) is 0 Å². The number of hydrogen-bond acceptors (Lipinski definition) is 0. The molecule has 0 saturated heterocycles. The number of benzene rings is 1. The van der Waals surface area contributed by atoms with Crippen LogP contribution < -0.4 is 0 Å². The smallest absolute Gasteiger partial charge is 0.0438 e. The first-order chi connectivity index (χ1) is 7.01. The molecule has 0 aromatic heterocycles. The van der Waals surface area contributed by atoms with Gasteiger partial charge in [-0.05, 0) is 48.8 Å². The van der Waals surface area contributed by atoms with Crippen LogP contribution in [-0.2, 0) is 5.41 Å². The Morgan fingerprint density at radius 3 is 2.67 bits per heavy atom. The highest BCUT2D eigenvalue weighted by atomic mass is 35.5. The van der Waals surface area contributed by atoms with Gasteiger partial charge in [0, 0.05) is 10.4 Å². The van der Waals surface area contributed by atoms with Gasteiger partial charge in [-0.25, -0.2) is 0 Å². The third-order valence-electron chi connectivity index (χ3n) is 3.55. The highest BCUT2D eigenvalue weighted by molar-refractivity contribution is 6.31. The van der Waals surface area contributed by atoms with E-state index in [4.69, 9.17) is 23.2 Å². The highest BCUT2D eigenvalue weighted by Gasteiger charge is 2.35. The molecule has 1 aliphatic rings. The number of alkyl halides is 1. The van der Waals surface area contributed by atoms with Crippen molar-refractivity contribution in [2.24, 2.45) is 0 Å². The number of halogens is 2. The Labute approximate surface area is 102 Å². The lowest BCUT2D eigenvalue weighted by Crippen LogP contribution is -2.17. The van der Waals surface area contributed by atoms with Crippen LogP contribution in [-0.4, -0.2) is 5.38 Å². The minimum absolute atomic E-state index is 0.226. The van der Waals surface area contributed by atoms with Crippen molar-refractivity contribution >= 4 is 23.2 Å². The zero-order valence-corrected chi connectivity index (χ0v) is 10.7. The van der Waals surface area contributed by atoms with Gasteiger partial charge >= 0.3 is 0 Å². The summed E-state index contributed by atoms with van der Waals surface area (Å²) in [5, 5.41) is 1.20. The molecular weight excluding hydrogens is 227 g/mol. The molecule has 0 nitrogen and oxygen atoms in total. The van der Waals surface area contributed by atoms with Crippen LogP contribution in [0.3, 0.4) is 0 Å². The molecule has 1 fully saturated rings.